The lowest BCUT2D eigenvalue weighted by Gasteiger charge is -2.13. The van der Waals surface area contributed by atoms with E-state index >= 15 is 0 Å². The number of halogens is 1. The van der Waals surface area contributed by atoms with Gasteiger partial charge in [-0.15, -0.1) is 0 Å². The number of rotatable bonds is 6. The Balaban J connectivity index is 2.29. The lowest BCUT2D eigenvalue weighted by atomic mass is 10.1. The molecule has 1 heterocycles. The molecule has 2 aromatic rings. The summed E-state index contributed by atoms with van der Waals surface area (Å²) in [5.74, 6) is 1.56. The summed E-state index contributed by atoms with van der Waals surface area (Å²) in [4.78, 5) is 4.33. The minimum Gasteiger partial charge on any atom is -0.383 e. The molecular weight excluding hydrogens is 276 g/mol. The van der Waals surface area contributed by atoms with Gasteiger partial charge in [0.2, 0.25) is 0 Å². The molecule has 1 aromatic carbocycles. The number of nitrogens with zero attached hydrogens (tertiary/aromatic N) is 3. The van der Waals surface area contributed by atoms with Gasteiger partial charge in [-0.1, -0.05) is 23.7 Å². The zero-order valence-corrected chi connectivity index (χ0v) is 12.7. The highest BCUT2D eigenvalue weighted by molar-refractivity contribution is 6.32. The normalized spacial score (nSPS) is 11.0. The number of hydrogen-bond donors (Lipinski definition) is 1. The number of benzene rings is 1. The fourth-order valence-electron chi connectivity index (χ4n) is 2.07. The van der Waals surface area contributed by atoms with Gasteiger partial charge < -0.3 is 10.1 Å². The average molecular weight is 295 g/mol. The molecule has 1 aromatic heterocycles. The number of aromatic nitrogens is 3. The Bertz CT molecular complexity index is 583. The van der Waals surface area contributed by atoms with Crippen molar-refractivity contribution in [2.45, 2.75) is 20.4 Å². The van der Waals surface area contributed by atoms with E-state index in [-0.39, 0.29) is 0 Å². The van der Waals surface area contributed by atoms with Crippen LogP contribution in [0, 0.1) is 13.8 Å². The molecule has 108 valence electrons. The Morgan fingerprint density at radius 2 is 2.15 bits per heavy atom. The van der Waals surface area contributed by atoms with E-state index in [1.807, 2.05) is 32.0 Å². The predicted octanol–water partition coefficient (Wildman–Crippen LogP) is 2.27. The SMILES string of the molecule is COCCNCc1cccc(Cl)c1-n1nc(C)nc1C. The first kappa shape index (κ1) is 15.0. The predicted molar refractivity (Wildman–Crippen MR) is 79.4 cm³/mol. The van der Waals surface area contributed by atoms with Gasteiger partial charge in [-0.2, -0.15) is 5.10 Å². The third-order valence-electron chi connectivity index (χ3n) is 2.96. The van der Waals surface area contributed by atoms with Crippen molar-refractivity contribution in [1.82, 2.24) is 20.1 Å². The number of para-hydroxylation sites is 1. The van der Waals surface area contributed by atoms with Gasteiger partial charge in [0.05, 0.1) is 17.3 Å². The van der Waals surface area contributed by atoms with Crippen LogP contribution in [0.5, 0.6) is 0 Å². The van der Waals surface area contributed by atoms with Crippen LogP contribution in [0.15, 0.2) is 18.2 Å². The third kappa shape index (κ3) is 3.36. The largest absolute Gasteiger partial charge is 0.383 e. The quantitative estimate of drug-likeness (QED) is 0.831. The second kappa shape index (κ2) is 6.83. The van der Waals surface area contributed by atoms with Gasteiger partial charge in [-0.3, -0.25) is 0 Å². The van der Waals surface area contributed by atoms with Gasteiger partial charge in [-0.05, 0) is 25.5 Å². The lowest BCUT2D eigenvalue weighted by molar-refractivity contribution is 0.199. The van der Waals surface area contributed by atoms with Crippen LogP contribution in [0.25, 0.3) is 5.69 Å². The third-order valence-corrected chi connectivity index (χ3v) is 3.26. The van der Waals surface area contributed by atoms with E-state index in [1.54, 1.807) is 11.8 Å². The van der Waals surface area contributed by atoms with Crippen LogP contribution in [0.4, 0.5) is 0 Å². The average Bonchev–Trinajstić information content (AvgIpc) is 2.74. The molecule has 2 rings (SSSR count). The topological polar surface area (TPSA) is 52.0 Å². The van der Waals surface area contributed by atoms with Gasteiger partial charge in [0.1, 0.15) is 11.6 Å². The minimum absolute atomic E-state index is 0.670. The highest BCUT2D eigenvalue weighted by Gasteiger charge is 2.13. The molecule has 1 N–H and O–H groups in total. The van der Waals surface area contributed by atoms with Gasteiger partial charge in [0, 0.05) is 20.2 Å². The van der Waals surface area contributed by atoms with E-state index in [4.69, 9.17) is 16.3 Å². The number of hydrogen-bond acceptors (Lipinski definition) is 4. The molecule has 20 heavy (non-hydrogen) atoms. The molecule has 0 aliphatic heterocycles. The second-order valence-electron chi connectivity index (χ2n) is 4.54. The van der Waals surface area contributed by atoms with E-state index in [0.717, 1.165) is 29.4 Å². The molecule has 0 fully saturated rings. The molecule has 0 saturated heterocycles. The Morgan fingerprint density at radius 1 is 1.35 bits per heavy atom. The van der Waals surface area contributed by atoms with E-state index in [1.165, 1.54) is 0 Å². The van der Waals surface area contributed by atoms with Crippen molar-refractivity contribution in [3.63, 3.8) is 0 Å². The maximum absolute atomic E-state index is 6.34. The maximum Gasteiger partial charge on any atom is 0.148 e. The minimum atomic E-state index is 0.670. The first-order valence-electron chi connectivity index (χ1n) is 6.51. The second-order valence-corrected chi connectivity index (χ2v) is 4.94. The van der Waals surface area contributed by atoms with Crippen LogP contribution in [0.1, 0.15) is 17.2 Å². The van der Waals surface area contributed by atoms with E-state index < -0.39 is 0 Å². The van der Waals surface area contributed by atoms with Crippen molar-refractivity contribution in [2.24, 2.45) is 0 Å². The first-order valence-corrected chi connectivity index (χ1v) is 6.89. The van der Waals surface area contributed by atoms with E-state index in [0.29, 0.717) is 18.2 Å². The standard InChI is InChI=1S/C14H19ClN4O/c1-10-17-11(2)19(18-10)14-12(5-4-6-13(14)15)9-16-7-8-20-3/h4-6,16H,7-9H2,1-3H3. The summed E-state index contributed by atoms with van der Waals surface area (Å²) in [6.07, 6.45) is 0. The van der Waals surface area contributed by atoms with Gasteiger partial charge in [-0.25, -0.2) is 9.67 Å². The van der Waals surface area contributed by atoms with Crippen molar-refractivity contribution in [2.75, 3.05) is 20.3 Å². The zero-order chi connectivity index (χ0) is 14.5. The van der Waals surface area contributed by atoms with Gasteiger partial charge in [0.25, 0.3) is 0 Å². The summed E-state index contributed by atoms with van der Waals surface area (Å²) < 4.78 is 6.82. The monoisotopic (exact) mass is 294 g/mol. The molecule has 0 unspecified atom stereocenters. The van der Waals surface area contributed by atoms with Crippen molar-refractivity contribution < 1.29 is 4.74 Å². The van der Waals surface area contributed by atoms with Gasteiger partial charge in [0.15, 0.2) is 0 Å². The molecule has 0 amide bonds. The Kier molecular flexibility index (Phi) is 5.11. The number of nitrogens with one attached hydrogen (secondary N) is 1. The Hall–Kier alpha value is -1.43. The summed E-state index contributed by atoms with van der Waals surface area (Å²) in [6.45, 7) is 5.97. The molecule has 0 bridgehead atoms. The molecule has 0 saturated carbocycles. The van der Waals surface area contributed by atoms with Crippen LogP contribution >= 0.6 is 11.6 Å². The molecule has 0 radical (unpaired) electrons. The molecule has 6 heteroatoms. The molecule has 0 atom stereocenters. The lowest BCUT2D eigenvalue weighted by Crippen LogP contribution is -2.20. The van der Waals surface area contributed by atoms with Crippen molar-refractivity contribution >= 4 is 11.6 Å². The molecular formula is C14H19ClN4O. The molecule has 5 nitrogen and oxygen atoms in total. The van der Waals surface area contributed by atoms with Crippen LogP contribution in [-0.4, -0.2) is 35.0 Å². The fourth-order valence-corrected chi connectivity index (χ4v) is 2.34. The van der Waals surface area contributed by atoms with Crippen LogP contribution in [0.2, 0.25) is 5.02 Å². The summed E-state index contributed by atoms with van der Waals surface area (Å²) in [7, 11) is 1.69. The van der Waals surface area contributed by atoms with Crippen LogP contribution in [0.3, 0.4) is 0 Å². The Labute approximate surface area is 123 Å². The van der Waals surface area contributed by atoms with E-state index in [9.17, 15) is 0 Å². The number of aryl methyl sites for hydroxylation is 2. The van der Waals surface area contributed by atoms with Crippen LogP contribution in [-0.2, 0) is 11.3 Å². The number of methoxy groups -OCH3 is 1. The summed E-state index contributed by atoms with van der Waals surface area (Å²) >= 11 is 6.34. The van der Waals surface area contributed by atoms with Crippen molar-refractivity contribution in [3.05, 3.63) is 40.4 Å². The molecule has 0 aliphatic carbocycles. The summed E-state index contributed by atoms with van der Waals surface area (Å²) in [5, 5.41) is 8.41. The zero-order valence-electron chi connectivity index (χ0n) is 12.0. The highest BCUT2D eigenvalue weighted by atomic mass is 35.5. The van der Waals surface area contributed by atoms with Crippen LogP contribution < -0.4 is 5.32 Å². The van der Waals surface area contributed by atoms with Crippen molar-refractivity contribution in [1.29, 1.82) is 0 Å². The maximum atomic E-state index is 6.34. The highest BCUT2D eigenvalue weighted by Crippen LogP contribution is 2.25. The summed E-state index contributed by atoms with van der Waals surface area (Å²) in [5.41, 5.74) is 1.97. The molecule has 0 aliphatic rings. The number of ether oxygens (including phenoxy) is 1. The van der Waals surface area contributed by atoms with E-state index in [2.05, 4.69) is 15.4 Å². The Morgan fingerprint density at radius 3 is 2.80 bits per heavy atom. The molecule has 0 spiro atoms. The summed E-state index contributed by atoms with van der Waals surface area (Å²) in [6, 6.07) is 5.85. The smallest absolute Gasteiger partial charge is 0.148 e. The fraction of sp³-hybridized carbons (Fsp3) is 0.429. The van der Waals surface area contributed by atoms with Gasteiger partial charge >= 0.3 is 0 Å². The van der Waals surface area contributed by atoms with Crippen molar-refractivity contribution in [3.8, 4) is 5.69 Å². The first-order chi connectivity index (χ1) is 9.63.